The molecule has 1 heterocycles. The van der Waals surface area contributed by atoms with E-state index in [1.807, 2.05) is 20.8 Å². The lowest BCUT2D eigenvalue weighted by molar-refractivity contribution is -0.126. The Hall–Kier alpha value is -0.610. The SMILES string of the molecule is CC(C)(C)C1OCCCC1CNC(=O)[C@@H](N)C(C)(C)C. The molecule has 1 saturated heterocycles. The molecule has 1 aliphatic rings. The lowest BCUT2D eigenvalue weighted by Gasteiger charge is -2.40. The Bertz CT molecular complexity index is 328. The highest BCUT2D eigenvalue weighted by atomic mass is 16.5. The molecule has 3 atom stereocenters. The normalized spacial score (nSPS) is 26.1. The lowest BCUT2D eigenvalue weighted by atomic mass is 9.78. The van der Waals surface area contributed by atoms with E-state index in [4.69, 9.17) is 10.5 Å². The number of hydrogen-bond acceptors (Lipinski definition) is 3. The summed E-state index contributed by atoms with van der Waals surface area (Å²) in [7, 11) is 0. The fourth-order valence-electron chi connectivity index (χ4n) is 2.74. The molecule has 0 aliphatic carbocycles. The Morgan fingerprint density at radius 2 is 1.90 bits per heavy atom. The highest BCUT2D eigenvalue weighted by Gasteiger charge is 2.36. The second kappa shape index (κ2) is 6.44. The van der Waals surface area contributed by atoms with Crippen molar-refractivity contribution in [3.63, 3.8) is 0 Å². The largest absolute Gasteiger partial charge is 0.377 e. The fourth-order valence-corrected chi connectivity index (χ4v) is 2.74. The van der Waals surface area contributed by atoms with Crippen molar-refractivity contribution in [1.29, 1.82) is 0 Å². The van der Waals surface area contributed by atoms with Crippen LogP contribution in [0.4, 0.5) is 0 Å². The monoisotopic (exact) mass is 284 g/mol. The Labute approximate surface area is 123 Å². The molecule has 0 aromatic carbocycles. The van der Waals surface area contributed by atoms with Gasteiger partial charge in [-0.15, -0.1) is 0 Å². The van der Waals surface area contributed by atoms with Gasteiger partial charge in [-0.25, -0.2) is 0 Å². The zero-order chi connectivity index (χ0) is 15.6. The lowest BCUT2D eigenvalue weighted by Crippen LogP contribution is -2.51. The van der Waals surface area contributed by atoms with Crippen LogP contribution >= 0.6 is 0 Å². The molecule has 0 aromatic heterocycles. The zero-order valence-corrected chi connectivity index (χ0v) is 14.0. The molecule has 0 spiro atoms. The number of nitrogens with one attached hydrogen (secondary N) is 1. The first-order valence-electron chi connectivity index (χ1n) is 7.68. The molecule has 118 valence electrons. The Morgan fingerprint density at radius 3 is 2.40 bits per heavy atom. The van der Waals surface area contributed by atoms with Gasteiger partial charge in [0.05, 0.1) is 12.1 Å². The maximum Gasteiger partial charge on any atom is 0.237 e. The van der Waals surface area contributed by atoms with Crippen molar-refractivity contribution in [1.82, 2.24) is 5.32 Å². The van der Waals surface area contributed by atoms with Gasteiger partial charge in [-0.2, -0.15) is 0 Å². The van der Waals surface area contributed by atoms with Gasteiger partial charge in [0, 0.05) is 19.1 Å². The molecule has 0 bridgehead atoms. The third-order valence-corrected chi connectivity index (χ3v) is 4.05. The smallest absolute Gasteiger partial charge is 0.237 e. The van der Waals surface area contributed by atoms with Crippen LogP contribution in [0.2, 0.25) is 0 Å². The molecular formula is C16H32N2O2. The van der Waals surface area contributed by atoms with E-state index in [0.29, 0.717) is 12.5 Å². The molecule has 0 radical (unpaired) electrons. The number of rotatable bonds is 3. The first-order chi connectivity index (χ1) is 9.03. The molecule has 0 saturated carbocycles. The van der Waals surface area contributed by atoms with Crippen LogP contribution in [-0.4, -0.2) is 31.2 Å². The maximum absolute atomic E-state index is 12.1. The molecule has 1 fully saturated rings. The van der Waals surface area contributed by atoms with Gasteiger partial charge in [0.1, 0.15) is 0 Å². The minimum Gasteiger partial charge on any atom is -0.377 e. The summed E-state index contributed by atoms with van der Waals surface area (Å²) in [4.78, 5) is 12.1. The van der Waals surface area contributed by atoms with Gasteiger partial charge in [-0.3, -0.25) is 4.79 Å². The topological polar surface area (TPSA) is 64.3 Å². The van der Waals surface area contributed by atoms with Crippen LogP contribution in [0.5, 0.6) is 0 Å². The number of carbonyl (C=O) groups excluding carboxylic acids is 1. The van der Waals surface area contributed by atoms with Crippen LogP contribution in [0.1, 0.15) is 54.4 Å². The third-order valence-electron chi connectivity index (χ3n) is 4.05. The average molecular weight is 284 g/mol. The minimum atomic E-state index is -0.472. The van der Waals surface area contributed by atoms with Crippen molar-refractivity contribution in [3.05, 3.63) is 0 Å². The van der Waals surface area contributed by atoms with Crippen molar-refractivity contribution in [2.45, 2.75) is 66.5 Å². The highest BCUT2D eigenvalue weighted by molar-refractivity contribution is 5.82. The average Bonchev–Trinajstić information content (AvgIpc) is 2.33. The number of ether oxygens (including phenoxy) is 1. The predicted molar refractivity (Wildman–Crippen MR) is 82.4 cm³/mol. The molecule has 4 nitrogen and oxygen atoms in total. The molecule has 20 heavy (non-hydrogen) atoms. The van der Waals surface area contributed by atoms with E-state index in [1.165, 1.54) is 0 Å². The molecular weight excluding hydrogens is 252 g/mol. The van der Waals surface area contributed by atoms with Gasteiger partial charge in [-0.1, -0.05) is 41.5 Å². The van der Waals surface area contributed by atoms with Crippen LogP contribution in [0, 0.1) is 16.7 Å². The predicted octanol–water partition coefficient (Wildman–Crippen LogP) is 2.32. The van der Waals surface area contributed by atoms with Gasteiger partial charge >= 0.3 is 0 Å². The number of amides is 1. The summed E-state index contributed by atoms with van der Waals surface area (Å²) in [5, 5.41) is 3.02. The molecule has 1 amide bonds. The summed E-state index contributed by atoms with van der Waals surface area (Å²) < 4.78 is 5.93. The van der Waals surface area contributed by atoms with Crippen LogP contribution in [-0.2, 0) is 9.53 Å². The molecule has 2 unspecified atom stereocenters. The van der Waals surface area contributed by atoms with E-state index in [-0.39, 0.29) is 22.8 Å². The van der Waals surface area contributed by atoms with Gasteiger partial charge in [0.2, 0.25) is 5.91 Å². The third kappa shape index (κ3) is 4.74. The van der Waals surface area contributed by atoms with Crippen molar-refractivity contribution < 1.29 is 9.53 Å². The van der Waals surface area contributed by atoms with Crippen LogP contribution in [0.15, 0.2) is 0 Å². The fraction of sp³-hybridized carbons (Fsp3) is 0.938. The van der Waals surface area contributed by atoms with E-state index in [1.54, 1.807) is 0 Å². The van der Waals surface area contributed by atoms with Gasteiger partial charge < -0.3 is 15.8 Å². The van der Waals surface area contributed by atoms with E-state index in [0.717, 1.165) is 19.4 Å². The molecule has 0 aromatic rings. The maximum atomic E-state index is 12.1. The number of carbonyl (C=O) groups is 1. The zero-order valence-electron chi connectivity index (χ0n) is 14.0. The van der Waals surface area contributed by atoms with Crippen LogP contribution in [0.25, 0.3) is 0 Å². The standard InChI is InChI=1S/C16H32N2O2/c1-15(2,3)12(17)14(19)18-10-11-8-7-9-20-13(11)16(4,5)6/h11-13H,7-10,17H2,1-6H3,(H,18,19)/t11?,12-,13?/m1/s1. The minimum absolute atomic E-state index is 0.0595. The summed E-state index contributed by atoms with van der Waals surface area (Å²) in [5.41, 5.74) is 5.87. The number of nitrogens with two attached hydrogens (primary N) is 1. The Kier molecular flexibility index (Phi) is 5.61. The summed E-state index contributed by atoms with van der Waals surface area (Å²) in [5.74, 6) is 0.315. The molecule has 4 heteroatoms. The quantitative estimate of drug-likeness (QED) is 0.836. The summed E-state index contributed by atoms with van der Waals surface area (Å²) in [6, 6.07) is -0.472. The first-order valence-corrected chi connectivity index (χ1v) is 7.68. The molecule has 1 rings (SSSR count). The summed E-state index contributed by atoms with van der Waals surface area (Å²) >= 11 is 0. The second-order valence-electron chi connectivity index (χ2n) is 8.15. The summed E-state index contributed by atoms with van der Waals surface area (Å²) in [6.07, 6.45) is 2.37. The molecule has 3 N–H and O–H groups in total. The van der Waals surface area contributed by atoms with Gasteiger partial charge in [0.25, 0.3) is 0 Å². The Morgan fingerprint density at radius 1 is 1.30 bits per heavy atom. The summed E-state index contributed by atoms with van der Waals surface area (Å²) in [6.45, 7) is 14.0. The molecule has 1 aliphatic heterocycles. The second-order valence-corrected chi connectivity index (χ2v) is 8.15. The van der Waals surface area contributed by atoms with Crippen LogP contribution in [0.3, 0.4) is 0 Å². The van der Waals surface area contributed by atoms with Gasteiger partial charge in [0.15, 0.2) is 0 Å². The van der Waals surface area contributed by atoms with Crippen LogP contribution < -0.4 is 11.1 Å². The first kappa shape index (κ1) is 17.4. The van der Waals surface area contributed by atoms with E-state index in [2.05, 4.69) is 26.1 Å². The van der Waals surface area contributed by atoms with Crippen molar-refractivity contribution >= 4 is 5.91 Å². The number of hydrogen-bond donors (Lipinski definition) is 2. The van der Waals surface area contributed by atoms with Crippen molar-refractivity contribution in [2.75, 3.05) is 13.2 Å². The van der Waals surface area contributed by atoms with Crippen molar-refractivity contribution in [2.24, 2.45) is 22.5 Å². The Balaban J connectivity index is 2.57. The van der Waals surface area contributed by atoms with Crippen molar-refractivity contribution in [3.8, 4) is 0 Å². The van der Waals surface area contributed by atoms with Gasteiger partial charge in [-0.05, 0) is 23.7 Å². The highest BCUT2D eigenvalue weighted by Crippen LogP contribution is 2.33. The van der Waals surface area contributed by atoms with E-state index >= 15 is 0 Å². The van der Waals surface area contributed by atoms with E-state index < -0.39 is 6.04 Å². The van der Waals surface area contributed by atoms with E-state index in [9.17, 15) is 4.79 Å².